The number of aliphatic hydroxyl groups is 3. The molecule has 7 heteroatoms. The zero-order valence-electron chi connectivity index (χ0n) is 27.6. The van der Waals surface area contributed by atoms with E-state index in [1.165, 1.54) is 6.42 Å². The number of rotatable bonds is 7. The van der Waals surface area contributed by atoms with Gasteiger partial charge in [0.2, 0.25) is 0 Å². The van der Waals surface area contributed by atoms with Gasteiger partial charge in [-0.3, -0.25) is 4.79 Å². The Hall–Kier alpha value is -1.18. The molecule has 0 aromatic carbocycles. The van der Waals surface area contributed by atoms with Gasteiger partial charge in [-0.25, -0.2) is 4.79 Å². The molecule has 6 unspecified atom stereocenters. The highest BCUT2D eigenvalue weighted by Gasteiger charge is 2.66. The zero-order chi connectivity index (χ0) is 31.2. The van der Waals surface area contributed by atoms with Crippen molar-refractivity contribution in [2.75, 3.05) is 6.61 Å². The molecule has 0 saturated heterocycles. The lowest BCUT2D eigenvalue weighted by Gasteiger charge is -2.63. The van der Waals surface area contributed by atoms with Crippen molar-refractivity contribution in [2.45, 2.75) is 141 Å². The summed E-state index contributed by atoms with van der Waals surface area (Å²) in [4.78, 5) is 25.6. The maximum Gasteiger partial charge on any atom is 0.344 e. The summed E-state index contributed by atoms with van der Waals surface area (Å²) >= 11 is 0. The van der Waals surface area contributed by atoms with E-state index in [0.717, 1.165) is 76.0 Å². The van der Waals surface area contributed by atoms with Gasteiger partial charge < -0.3 is 24.8 Å². The van der Waals surface area contributed by atoms with Crippen molar-refractivity contribution in [1.29, 1.82) is 0 Å². The SMILES string of the molecule is CC(CCC(=O)OCC(=O)OC1(C)C2CC3CC(C2)CC1C3)C1CCC2C3C(C[C@H](O)[C@]12C)[C@@]1(C)CC[C@@H](O)CC1C[C@H]3O. The van der Waals surface area contributed by atoms with E-state index in [4.69, 9.17) is 9.47 Å². The van der Waals surface area contributed by atoms with Crippen LogP contribution < -0.4 is 0 Å². The van der Waals surface area contributed by atoms with Crippen LogP contribution in [-0.4, -0.2) is 57.8 Å². The number of hydrogen-bond donors (Lipinski definition) is 3. The van der Waals surface area contributed by atoms with Gasteiger partial charge in [-0.15, -0.1) is 0 Å². The van der Waals surface area contributed by atoms with Crippen LogP contribution in [0.2, 0.25) is 0 Å². The molecule has 0 aliphatic heterocycles. The Kier molecular flexibility index (Phi) is 8.01. The summed E-state index contributed by atoms with van der Waals surface area (Å²) in [7, 11) is 0. The lowest BCUT2D eigenvalue weighted by atomic mass is 9.43. The van der Waals surface area contributed by atoms with Crippen LogP contribution in [0.25, 0.3) is 0 Å². The second-order valence-electron chi connectivity index (χ2n) is 17.7. The number of ether oxygens (including phenoxy) is 2. The van der Waals surface area contributed by atoms with Gasteiger partial charge in [0.15, 0.2) is 6.61 Å². The van der Waals surface area contributed by atoms with Crippen molar-refractivity contribution >= 4 is 11.9 Å². The predicted molar refractivity (Wildman–Crippen MR) is 165 cm³/mol. The Morgan fingerprint density at radius 3 is 2.16 bits per heavy atom. The fourth-order valence-corrected chi connectivity index (χ4v) is 13.5. The molecule has 8 rings (SSSR count). The van der Waals surface area contributed by atoms with Crippen LogP contribution in [0.15, 0.2) is 0 Å². The van der Waals surface area contributed by atoms with Gasteiger partial charge in [-0.2, -0.15) is 0 Å². The molecule has 8 aliphatic rings. The summed E-state index contributed by atoms with van der Waals surface area (Å²) < 4.78 is 11.5. The molecule has 248 valence electrons. The Labute approximate surface area is 264 Å². The quantitative estimate of drug-likeness (QED) is 0.317. The summed E-state index contributed by atoms with van der Waals surface area (Å²) in [5.41, 5.74) is -0.642. The number of carbonyl (C=O) groups is 2. The Bertz CT molecular complexity index is 1090. The molecule has 11 atom stereocenters. The summed E-state index contributed by atoms with van der Waals surface area (Å²) in [5, 5.41) is 33.7. The summed E-state index contributed by atoms with van der Waals surface area (Å²) in [5.74, 6) is 3.24. The minimum Gasteiger partial charge on any atom is -0.456 e. The largest absolute Gasteiger partial charge is 0.456 e. The van der Waals surface area contributed by atoms with Crippen LogP contribution in [0.1, 0.15) is 118 Å². The van der Waals surface area contributed by atoms with E-state index in [0.29, 0.717) is 30.6 Å². The predicted octanol–water partition coefficient (Wildman–Crippen LogP) is 5.67. The van der Waals surface area contributed by atoms with Gasteiger partial charge in [-0.05, 0) is 160 Å². The fraction of sp³-hybridized carbons (Fsp3) is 0.946. The Morgan fingerprint density at radius 2 is 1.48 bits per heavy atom. The molecule has 3 N–H and O–H groups in total. The maximum absolute atomic E-state index is 12.8. The molecule has 0 amide bonds. The molecule has 8 aliphatic carbocycles. The third kappa shape index (κ3) is 4.91. The molecule has 0 heterocycles. The minimum absolute atomic E-state index is 0.0631. The second-order valence-corrected chi connectivity index (χ2v) is 17.7. The molecule has 7 nitrogen and oxygen atoms in total. The van der Waals surface area contributed by atoms with Gasteiger partial charge in [0.1, 0.15) is 5.60 Å². The van der Waals surface area contributed by atoms with E-state index in [2.05, 4.69) is 27.7 Å². The van der Waals surface area contributed by atoms with E-state index in [-0.39, 0.29) is 71.6 Å². The molecule has 8 saturated carbocycles. The Balaban J connectivity index is 0.929. The standard InChI is InChI=1S/C37H58O7/c1-20(5-8-32(41)43-19-33(42)44-37(4)24-12-21-11-22(14-24)15-25(37)13-21)27-6-7-28-34-29(18-31(40)36(27,28)3)35(2)10-9-26(38)16-23(35)17-30(34)39/h20-31,34,38-40H,5-19H2,1-4H3/t20?,21?,22?,23?,24?,25?,26-,27?,28?,29?,30-,31+,34?,35+,36-,37?/m1/s1. The van der Waals surface area contributed by atoms with E-state index < -0.39 is 17.7 Å². The molecule has 0 aromatic heterocycles. The molecule has 0 aromatic rings. The number of hydrogen-bond acceptors (Lipinski definition) is 7. The van der Waals surface area contributed by atoms with Gasteiger partial charge in [0.25, 0.3) is 0 Å². The van der Waals surface area contributed by atoms with E-state index in [1.54, 1.807) is 0 Å². The number of carbonyl (C=O) groups excluding carboxylic acids is 2. The third-order valence-corrected chi connectivity index (χ3v) is 15.8. The third-order valence-electron chi connectivity index (χ3n) is 15.8. The van der Waals surface area contributed by atoms with Crippen LogP contribution in [0.5, 0.6) is 0 Å². The van der Waals surface area contributed by atoms with Crippen molar-refractivity contribution in [3.8, 4) is 0 Å². The maximum atomic E-state index is 12.8. The van der Waals surface area contributed by atoms with Crippen molar-refractivity contribution in [3.63, 3.8) is 0 Å². The summed E-state index contributed by atoms with van der Waals surface area (Å²) in [6.07, 6.45) is 11.8. The van der Waals surface area contributed by atoms with Crippen LogP contribution in [-0.2, 0) is 19.1 Å². The highest BCUT2D eigenvalue weighted by molar-refractivity contribution is 5.76. The first-order valence-electron chi connectivity index (χ1n) is 18.2. The first kappa shape index (κ1) is 31.4. The molecule has 8 fully saturated rings. The number of aliphatic hydroxyl groups excluding tert-OH is 3. The molecule has 0 radical (unpaired) electrons. The van der Waals surface area contributed by atoms with Gasteiger partial charge >= 0.3 is 11.9 Å². The highest BCUT2D eigenvalue weighted by Crippen LogP contribution is 2.68. The van der Waals surface area contributed by atoms with Gasteiger partial charge in [-0.1, -0.05) is 20.8 Å². The average Bonchev–Trinajstić information content (AvgIpc) is 3.33. The number of esters is 2. The first-order chi connectivity index (χ1) is 20.8. The van der Waals surface area contributed by atoms with Crippen molar-refractivity contribution in [3.05, 3.63) is 0 Å². The van der Waals surface area contributed by atoms with E-state index in [9.17, 15) is 24.9 Å². The lowest BCUT2D eigenvalue weighted by molar-refractivity contribution is -0.208. The normalized spacial score (nSPS) is 52.9. The highest BCUT2D eigenvalue weighted by atomic mass is 16.6. The van der Waals surface area contributed by atoms with Crippen LogP contribution in [0, 0.1) is 70.0 Å². The van der Waals surface area contributed by atoms with Crippen molar-refractivity contribution in [1.82, 2.24) is 0 Å². The fourth-order valence-electron chi connectivity index (χ4n) is 13.5. The van der Waals surface area contributed by atoms with E-state index in [1.807, 2.05) is 0 Å². The minimum atomic E-state index is -0.438. The summed E-state index contributed by atoms with van der Waals surface area (Å²) in [6.45, 7) is 8.61. The first-order valence-corrected chi connectivity index (χ1v) is 18.2. The second kappa shape index (κ2) is 11.2. The molecule has 0 spiro atoms. The van der Waals surface area contributed by atoms with Gasteiger partial charge in [0.05, 0.1) is 18.3 Å². The molecular formula is C37H58O7. The zero-order valence-corrected chi connectivity index (χ0v) is 27.6. The number of fused-ring (bicyclic) bond motifs is 5. The average molecular weight is 615 g/mol. The van der Waals surface area contributed by atoms with Crippen LogP contribution in [0.3, 0.4) is 0 Å². The van der Waals surface area contributed by atoms with Crippen molar-refractivity contribution in [2.24, 2.45) is 70.0 Å². The lowest BCUT2D eigenvalue weighted by Crippen LogP contribution is -2.62. The smallest absolute Gasteiger partial charge is 0.344 e. The molecular weight excluding hydrogens is 556 g/mol. The molecule has 4 bridgehead atoms. The Morgan fingerprint density at radius 1 is 0.795 bits per heavy atom. The monoisotopic (exact) mass is 614 g/mol. The van der Waals surface area contributed by atoms with Crippen LogP contribution >= 0.6 is 0 Å². The topological polar surface area (TPSA) is 113 Å². The van der Waals surface area contributed by atoms with Gasteiger partial charge in [0, 0.05) is 6.42 Å². The summed E-state index contributed by atoms with van der Waals surface area (Å²) in [6, 6.07) is 0. The van der Waals surface area contributed by atoms with E-state index >= 15 is 0 Å². The van der Waals surface area contributed by atoms with Crippen LogP contribution in [0.4, 0.5) is 0 Å². The van der Waals surface area contributed by atoms with Crippen molar-refractivity contribution < 1.29 is 34.4 Å². The molecule has 44 heavy (non-hydrogen) atoms.